The van der Waals surface area contributed by atoms with Gasteiger partial charge in [0.2, 0.25) is 0 Å². The highest BCUT2D eigenvalue weighted by Crippen LogP contribution is 2.05. The molecule has 27 heavy (non-hydrogen) atoms. The Hall–Kier alpha value is -3.08. The van der Waals surface area contributed by atoms with Gasteiger partial charge in [-0.05, 0) is 30.5 Å². The molecule has 0 radical (unpaired) electrons. The van der Waals surface area contributed by atoms with Gasteiger partial charge in [-0.3, -0.25) is 4.79 Å². The molecule has 0 saturated heterocycles. The number of carbonyl (C=O) groups excluding carboxylic acids is 2. The van der Waals surface area contributed by atoms with Gasteiger partial charge in [-0.1, -0.05) is 54.6 Å². The van der Waals surface area contributed by atoms with Crippen LogP contribution in [0, 0.1) is 0 Å². The van der Waals surface area contributed by atoms with Crippen molar-refractivity contribution < 1.29 is 14.3 Å². The maximum Gasteiger partial charge on any atom is 0.410 e. The third-order valence-corrected chi connectivity index (χ3v) is 3.99. The second-order valence-electron chi connectivity index (χ2n) is 6.10. The molecule has 0 aliphatic rings. The highest BCUT2D eigenvalue weighted by molar-refractivity contribution is 5.94. The normalized spacial score (nSPS) is 10.1. The molecule has 0 atom stereocenters. The number of ether oxygens (including phenoxy) is 1. The van der Waals surface area contributed by atoms with Crippen LogP contribution in [0.25, 0.3) is 0 Å². The van der Waals surface area contributed by atoms with Crippen LogP contribution >= 0.6 is 0 Å². The van der Waals surface area contributed by atoms with Crippen LogP contribution in [0.2, 0.25) is 0 Å². The van der Waals surface area contributed by atoms with Crippen LogP contribution < -0.4 is 5.32 Å². The molecule has 2 rings (SSSR count). The fourth-order valence-corrected chi connectivity index (χ4v) is 2.54. The summed E-state index contributed by atoms with van der Waals surface area (Å²) in [7, 11) is 0. The second kappa shape index (κ2) is 11.5. The van der Waals surface area contributed by atoms with Gasteiger partial charge in [-0.2, -0.15) is 0 Å². The number of hydrogen-bond acceptors (Lipinski definition) is 3. The van der Waals surface area contributed by atoms with Crippen molar-refractivity contribution in [3.05, 3.63) is 84.4 Å². The third-order valence-electron chi connectivity index (χ3n) is 3.99. The molecule has 0 heterocycles. The molecule has 0 saturated carbocycles. The molecule has 1 N–H and O–H groups in total. The lowest BCUT2D eigenvalue weighted by Crippen LogP contribution is -2.33. The summed E-state index contributed by atoms with van der Waals surface area (Å²) in [5.41, 5.74) is 1.60. The van der Waals surface area contributed by atoms with Gasteiger partial charge in [-0.25, -0.2) is 4.79 Å². The molecule has 0 aliphatic heterocycles. The van der Waals surface area contributed by atoms with Crippen molar-refractivity contribution in [2.45, 2.75) is 19.4 Å². The molecule has 0 spiro atoms. The minimum absolute atomic E-state index is 0.0826. The number of carbonyl (C=O) groups is 2. The molecule has 0 unspecified atom stereocenters. The molecule has 2 amide bonds. The van der Waals surface area contributed by atoms with Crippen molar-refractivity contribution in [2.24, 2.45) is 0 Å². The largest absolute Gasteiger partial charge is 0.445 e. The number of hydrogen-bond donors (Lipinski definition) is 1. The molecule has 5 nitrogen and oxygen atoms in total. The highest BCUT2D eigenvalue weighted by Gasteiger charge is 2.13. The van der Waals surface area contributed by atoms with E-state index < -0.39 is 0 Å². The molecule has 5 heteroatoms. The van der Waals surface area contributed by atoms with E-state index in [1.165, 1.54) is 0 Å². The number of nitrogens with one attached hydrogen (secondary N) is 1. The first kappa shape index (κ1) is 20.2. The maximum absolute atomic E-state index is 12.2. The zero-order valence-corrected chi connectivity index (χ0v) is 15.5. The van der Waals surface area contributed by atoms with Gasteiger partial charge in [0.1, 0.15) is 6.61 Å². The Balaban J connectivity index is 1.68. The summed E-state index contributed by atoms with van der Waals surface area (Å²) in [6.45, 7) is 5.50. The van der Waals surface area contributed by atoms with Gasteiger partial charge in [0.25, 0.3) is 5.91 Å². The summed E-state index contributed by atoms with van der Waals surface area (Å²) < 4.78 is 5.37. The van der Waals surface area contributed by atoms with Gasteiger partial charge >= 0.3 is 6.09 Å². The fraction of sp³-hybridized carbons (Fsp3) is 0.273. The molecule has 142 valence electrons. The van der Waals surface area contributed by atoms with Crippen LogP contribution in [0.15, 0.2) is 73.3 Å². The van der Waals surface area contributed by atoms with Crippen molar-refractivity contribution >= 4 is 12.0 Å². The first-order valence-corrected chi connectivity index (χ1v) is 9.10. The summed E-state index contributed by atoms with van der Waals surface area (Å²) in [4.78, 5) is 25.8. The van der Waals surface area contributed by atoms with Gasteiger partial charge in [-0.15, -0.1) is 6.58 Å². The van der Waals surface area contributed by atoms with Crippen molar-refractivity contribution in [1.82, 2.24) is 10.2 Å². The topological polar surface area (TPSA) is 58.6 Å². The van der Waals surface area contributed by atoms with E-state index >= 15 is 0 Å². The van der Waals surface area contributed by atoms with E-state index in [9.17, 15) is 9.59 Å². The molecule has 0 fully saturated rings. The lowest BCUT2D eigenvalue weighted by Gasteiger charge is -2.20. The van der Waals surface area contributed by atoms with Crippen LogP contribution in [0.1, 0.15) is 28.8 Å². The summed E-state index contributed by atoms with van der Waals surface area (Å²) >= 11 is 0. The lowest BCUT2D eigenvalue weighted by molar-refractivity contribution is 0.0943. The summed E-state index contributed by atoms with van der Waals surface area (Å²) in [5.74, 6) is -0.0826. The first-order valence-electron chi connectivity index (χ1n) is 9.10. The zero-order chi connectivity index (χ0) is 19.3. The smallest absolute Gasteiger partial charge is 0.410 e. The number of benzene rings is 2. The monoisotopic (exact) mass is 366 g/mol. The highest BCUT2D eigenvalue weighted by atomic mass is 16.6. The molecule has 2 aromatic carbocycles. The minimum atomic E-state index is -0.355. The second-order valence-corrected chi connectivity index (χ2v) is 6.10. The summed E-state index contributed by atoms with van der Waals surface area (Å²) in [6.07, 6.45) is 2.87. The van der Waals surface area contributed by atoms with E-state index in [1.807, 2.05) is 48.5 Å². The van der Waals surface area contributed by atoms with E-state index in [-0.39, 0.29) is 18.6 Å². The Morgan fingerprint density at radius 1 is 1.00 bits per heavy atom. The van der Waals surface area contributed by atoms with E-state index in [4.69, 9.17) is 4.74 Å². The Morgan fingerprint density at radius 3 is 2.33 bits per heavy atom. The Morgan fingerprint density at radius 2 is 1.67 bits per heavy atom. The van der Waals surface area contributed by atoms with Crippen molar-refractivity contribution in [2.75, 3.05) is 19.6 Å². The minimum Gasteiger partial charge on any atom is -0.445 e. The predicted octanol–water partition coefficient (Wildman–Crippen LogP) is 4.02. The molecule has 0 aliphatic carbocycles. The molecule has 0 aromatic heterocycles. The Bertz CT molecular complexity index is 717. The van der Waals surface area contributed by atoms with E-state index in [0.717, 1.165) is 18.4 Å². The Labute approximate surface area is 160 Å². The van der Waals surface area contributed by atoms with Crippen LogP contribution in [0.3, 0.4) is 0 Å². The number of rotatable bonds is 10. The number of amides is 2. The van der Waals surface area contributed by atoms with Crippen LogP contribution in [0.5, 0.6) is 0 Å². The average molecular weight is 366 g/mol. The van der Waals surface area contributed by atoms with Gasteiger partial charge < -0.3 is 15.0 Å². The van der Waals surface area contributed by atoms with E-state index in [0.29, 0.717) is 25.2 Å². The number of unbranched alkanes of at least 4 members (excludes halogenated alkanes) is 1. The van der Waals surface area contributed by atoms with Crippen LogP contribution in [0.4, 0.5) is 4.79 Å². The van der Waals surface area contributed by atoms with Crippen molar-refractivity contribution in [3.8, 4) is 0 Å². The molecular formula is C22H26N2O3. The predicted molar refractivity (Wildman–Crippen MR) is 106 cm³/mol. The van der Waals surface area contributed by atoms with Gasteiger partial charge in [0, 0.05) is 25.2 Å². The van der Waals surface area contributed by atoms with Crippen LogP contribution in [-0.4, -0.2) is 36.5 Å². The van der Waals surface area contributed by atoms with E-state index in [2.05, 4.69) is 11.9 Å². The maximum atomic E-state index is 12.2. The SMILES string of the molecule is C=CCN(CCCCNC(=O)c1ccccc1)C(=O)OCc1ccccc1. The zero-order valence-electron chi connectivity index (χ0n) is 15.5. The lowest BCUT2D eigenvalue weighted by atomic mass is 10.2. The van der Waals surface area contributed by atoms with Gasteiger partial charge in [0.15, 0.2) is 0 Å². The average Bonchev–Trinajstić information content (AvgIpc) is 2.72. The van der Waals surface area contributed by atoms with Gasteiger partial charge in [0.05, 0.1) is 0 Å². The molecule has 2 aromatic rings. The van der Waals surface area contributed by atoms with Crippen molar-refractivity contribution in [1.29, 1.82) is 0 Å². The van der Waals surface area contributed by atoms with Crippen LogP contribution in [-0.2, 0) is 11.3 Å². The summed E-state index contributed by atoms with van der Waals surface area (Å²) in [5, 5.41) is 2.89. The molecule has 0 bridgehead atoms. The third kappa shape index (κ3) is 7.36. The quantitative estimate of drug-likeness (QED) is 0.510. The Kier molecular flexibility index (Phi) is 8.63. The standard InChI is InChI=1S/C22H26N2O3/c1-2-16-24(22(26)27-18-19-11-5-3-6-12-19)17-10-9-15-23-21(25)20-13-7-4-8-14-20/h2-8,11-14H,1,9-10,15-18H2,(H,23,25). The fourth-order valence-electron chi connectivity index (χ4n) is 2.54. The first-order chi connectivity index (χ1) is 13.2. The summed E-state index contributed by atoms with van der Waals surface area (Å²) in [6, 6.07) is 18.7. The number of nitrogens with zero attached hydrogens (tertiary/aromatic N) is 1. The molecular weight excluding hydrogens is 340 g/mol. The van der Waals surface area contributed by atoms with E-state index in [1.54, 1.807) is 23.1 Å². The van der Waals surface area contributed by atoms with Crippen molar-refractivity contribution in [3.63, 3.8) is 0 Å².